The molecule has 0 heterocycles. The molecule has 5 nitrogen and oxygen atoms in total. The summed E-state index contributed by atoms with van der Waals surface area (Å²) in [5, 5.41) is 12.4. The van der Waals surface area contributed by atoms with Gasteiger partial charge in [0.25, 0.3) is 0 Å². The normalized spacial score (nSPS) is 26.5. The number of carboxylic acids is 1. The number of hydrogen-bond acceptors (Lipinski definition) is 3. The molecular formula is C21H21NO4. The third-order valence-electron chi connectivity index (χ3n) is 5.61. The number of para-hydroxylation sites is 1. The lowest BCUT2D eigenvalue weighted by molar-refractivity contribution is -0.148. The number of benzene rings is 2. The first-order valence-corrected chi connectivity index (χ1v) is 8.98. The molecule has 26 heavy (non-hydrogen) atoms. The fourth-order valence-electron chi connectivity index (χ4n) is 4.48. The molecule has 0 radical (unpaired) electrons. The molecule has 0 unspecified atom stereocenters. The van der Waals surface area contributed by atoms with E-state index in [0.29, 0.717) is 11.4 Å². The minimum atomic E-state index is -0.844. The van der Waals surface area contributed by atoms with Crippen LogP contribution in [0.3, 0.4) is 0 Å². The third-order valence-corrected chi connectivity index (χ3v) is 5.61. The number of rotatable bonds is 5. The van der Waals surface area contributed by atoms with Gasteiger partial charge in [0.05, 0.1) is 11.8 Å². The first-order valence-electron chi connectivity index (χ1n) is 8.98. The molecule has 2 fully saturated rings. The third kappa shape index (κ3) is 3.17. The van der Waals surface area contributed by atoms with E-state index in [4.69, 9.17) is 4.74 Å². The Morgan fingerprint density at radius 1 is 0.885 bits per heavy atom. The molecule has 1 amide bonds. The van der Waals surface area contributed by atoms with Crippen LogP contribution < -0.4 is 10.1 Å². The second-order valence-electron chi connectivity index (χ2n) is 7.15. The molecule has 0 aromatic heterocycles. The van der Waals surface area contributed by atoms with E-state index in [1.54, 1.807) is 24.3 Å². The van der Waals surface area contributed by atoms with Gasteiger partial charge in [-0.05, 0) is 67.5 Å². The van der Waals surface area contributed by atoms with Crippen LogP contribution in [0.4, 0.5) is 5.69 Å². The van der Waals surface area contributed by atoms with Crippen molar-refractivity contribution in [1.29, 1.82) is 0 Å². The summed E-state index contributed by atoms with van der Waals surface area (Å²) in [6.07, 6.45) is 2.74. The Kier molecular flexibility index (Phi) is 4.37. The van der Waals surface area contributed by atoms with Gasteiger partial charge in [-0.15, -0.1) is 0 Å². The second-order valence-corrected chi connectivity index (χ2v) is 7.15. The van der Waals surface area contributed by atoms with Gasteiger partial charge in [-0.25, -0.2) is 0 Å². The fraction of sp³-hybridized carbons (Fsp3) is 0.333. The molecule has 4 atom stereocenters. The molecule has 0 spiro atoms. The van der Waals surface area contributed by atoms with Crippen molar-refractivity contribution in [3.8, 4) is 11.5 Å². The highest BCUT2D eigenvalue weighted by Crippen LogP contribution is 2.52. The summed E-state index contributed by atoms with van der Waals surface area (Å²) >= 11 is 0. The first-order chi connectivity index (χ1) is 12.6. The highest BCUT2D eigenvalue weighted by atomic mass is 16.5. The highest BCUT2D eigenvalue weighted by molar-refractivity contribution is 5.96. The van der Waals surface area contributed by atoms with Gasteiger partial charge in [-0.3, -0.25) is 9.59 Å². The summed E-state index contributed by atoms with van der Waals surface area (Å²) in [6.45, 7) is 0. The van der Waals surface area contributed by atoms with Crippen molar-refractivity contribution in [1.82, 2.24) is 0 Å². The summed E-state index contributed by atoms with van der Waals surface area (Å²) in [7, 11) is 0. The minimum Gasteiger partial charge on any atom is -0.481 e. The largest absolute Gasteiger partial charge is 0.481 e. The average molecular weight is 351 g/mol. The summed E-state index contributed by atoms with van der Waals surface area (Å²) in [6, 6.07) is 16.6. The topological polar surface area (TPSA) is 75.6 Å². The zero-order valence-electron chi connectivity index (χ0n) is 14.3. The number of carbonyl (C=O) groups is 2. The van der Waals surface area contributed by atoms with Crippen LogP contribution in [-0.2, 0) is 9.59 Å². The number of nitrogens with one attached hydrogen (secondary N) is 1. The van der Waals surface area contributed by atoms with E-state index in [0.717, 1.165) is 25.0 Å². The molecule has 4 rings (SSSR count). The maximum absolute atomic E-state index is 12.7. The van der Waals surface area contributed by atoms with Crippen LogP contribution in [0, 0.1) is 23.7 Å². The van der Waals surface area contributed by atoms with Crippen molar-refractivity contribution in [2.75, 3.05) is 5.32 Å². The van der Waals surface area contributed by atoms with Crippen molar-refractivity contribution >= 4 is 17.6 Å². The molecule has 2 aliphatic carbocycles. The Morgan fingerprint density at radius 3 is 2.15 bits per heavy atom. The number of aliphatic carboxylic acids is 1. The number of anilines is 1. The molecule has 2 saturated carbocycles. The Labute approximate surface area is 152 Å². The van der Waals surface area contributed by atoms with Crippen LogP contribution in [0.2, 0.25) is 0 Å². The number of hydrogen-bond donors (Lipinski definition) is 2. The maximum atomic E-state index is 12.7. The van der Waals surface area contributed by atoms with Crippen LogP contribution in [0.25, 0.3) is 0 Å². The monoisotopic (exact) mass is 351 g/mol. The quantitative estimate of drug-likeness (QED) is 0.848. The molecule has 5 heteroatoms. The van der Waals surface area contributed by atoms with E-state index < -0.39 is 17.8 Å². The van der Waals surface area contributed by atoms with Crippen LogP contribution in [0.5, 0.6) is 11.5 Å². The zero-order chi connectivity index (χ0) is 18.1. The number of amides is 1. The maximum Gasteiger partial charge on any atom is 0.307 e. The van der Waals surface area contributed by atoms with E-state index in [2.05, 4.69) is 5.32 Å². The summed E-state index contributed by atoms with van der Waals surface area (Å²) in [4.78, 5) is 24.3. The lowest BCUT2D eigenvalue weighted by Crippen LogP contribution is -2.37. The van der Waals surface area contributed by atoms with Crippen LogP contribution in [0.1, 0.15) is 19.3 Å². The van der Waals surface area contributed by atoms with Gasteiger partial charge in [0.2, 0.25) is 5.91 Å². The Morgan fingerprint density at radius 2 is 1.50 bits per heavy atom. The number of carboxylic acid groups (broad SMARTS) is 1. The van der Waals surface area contributed by atoms with E-state index in [9.17, 15) is 14.7 Å². The molecule has 2 aromatic carbocycles. The first kappa shape index (κ1) is 16.6. The predicted molar refractivity (Wildman–Crippen MR) is 97.0 cm³/mol. The highest BCUT2D eigenvalue weighted by Gasteiger charge is 2.53. The van der Waals surface area contributed by atoms with Crippen LogP contribution in [0.15, 0.2) is 54.6 Å². The Bertz CT molecular complexity index is 803. The van der Waals surface area contributed by atoms with E-state index in [1.165, 1.54) is 0 Å². The SMILES string of the molecule is O=C(O)[C@H]1[C@H]2CC[C@@H](C2)[C@@H]1C(=O)Nc1ccc(Oc2ccccc2)cc1. The van der Waals surface area contributed by atoms with Crippen molar-refractivity contribution in [2.45, 2.75) is 19.3 Å². The van der Waals surface area contributed by atoms with Gasteiger partial charge in [0, 0.05) is 5.69 Å². The summed E-state index contributed by atoms with van der Waals surface area (Å²) in [5.41, 5.74) is 0.655. The van der Waals surface area contributed by atoms with Crippen molar-refractivity contribution in [2.24, 2.45) is 23.7 Å². The van der Waals surface area contributed by atoms with Crippen molar-refractivity contribution in [3.05, 3.63) is 54.6 Å². The smallest absolute Gasteiger partial charge is 0.307 e. The molecule has 0 aliphatic heterocycles. The van der Waals surface area contributed by atoms with Gasteiger partial charge in [-0.1, -0.05) is 18.2 Å². The fourth-order valence-corrected chi connectivity index (χ4v) is 4.48. The zero-order valence-corrected chi connectivity index (χ0v) is 14.3. The molecule has 134 valence electrons. The van der Waals surface area contributed by atoms with Crippen molar-refractivity contribution < 1.29 is 19.4 Å². The standard InChI is InChI=1S/C21H21NO4/c23-20(18-13-6-7-14(12-13)19(18)21(24)25)22-15-8-10-17(11-9-15)26-16-4-2-1-3-5-16/h1-5,8-11,13-14,18-19H,6-7,12H2,(H,22,23)(H,24,25)/t13-,14-,18-,19-/m0/s1. The summed E-state index contributed by atoms with van der Waals surface area (Å²) < 4.78 is 5.74. The Hall–Kier alpha value is -2.82. The Balaban J connectivity index is 1.42. The predicted octanol–water partition coefficient (Wildman–Crippen LogP) is 4.16. The number of fused-ring (bicyclic) bond motifs is 2. The second kappa shape index (κ2) is 6.83. The summed E-state index contributed by atoms with van der Waals surface area (Å²) in [5.74, 6) is -0.226. The van der Waals surface area contributed by atoms with Crippen LogP contribution >= 0.6 is 0 Å². The van der Waals surface area contributed by atoms with E-state index in [-0.39, 0.29) is 17.7 Å². The van der Waals surface area contributed by atoms with Crippen LogP contribution in [-0.4, -0.2) is 17.0 Å². The van der Waals surface area contributed by atoms with Gasteiger partial charge in [0.1, 0.15) is 11.5 Å². The van der Waals surface area contributed by atoms with E-state index in [1.807, 2.05) is 30.3 Å². The van der Waals surface area contributed by atoms with Gasteiger partial charge >= 0.3 is 5.97 Å². The number of ether oxygens (including phenoxy) is 1. The lowest BCUT2D eigenvalue weighted by Gasteiger charge is -2.27. The molecule has 2 bridgehead atoms. The molecule has 0 saturated heterocycles. The lowest BCUT2D eigenvalue weighted by atomic mass is 9.78. The molecule has 2 aliphatic rings. The van der Waals surface area contributed by atoms with E-state index >= 15 is 0 Å². The molecule has 2 N–H and O–H groups in total. The van der Waals surface area contributed by atoms with Gasteiger partial charge < -0.3 is 15.2 Å². The molecule has 2 aromatic rings. The average Bonchev–Trinajstić information content (AvgIpc) is 3.25. The van der Waals surface area contributed by atoms with Gasteiger partial charge in [0.15, 0.2) is 0 Å². The van der Waals surface area contributed by atoms with Gasteiger partial charge in [-0.2, -0.15) is 0 Å². The number of carbonyl (C=O) groups excluding carboxylic acids is 1. The minimum absolute atomic E-state index is 0.148. The van der Waals surface area contributed by atoms with Crippen molar-refractivity contribution in [3.63, 3.8) is 0 Å². The molecular weight excluding hydrogens is 330 g/mol.